The van der Waals surface area contributed by atoms with Crippen molar-refractivity contribution in [2.24, 2.45) is 4.99 Å². The molecule has 1 saturated heterocycles. The minimum Gasteiger partial charge on any atom is -0.490 e. The second-order valence-corrected chi connectivity index (χ2v) is 7.31. The summed E-state index contributed by atoms with van der Waals surface area (Å²) < 4.78 is 5.45. The SMILES string of the molecule is C=CCOc1ccc(/C=C2\S/C(=N/c3nnc(C)s3)N(C)C2=O)cc1. The molecule has 8 heteroatoms. The van der Waals surface area contributed by atoms with Gasteiger partial charge in [-0.3, -0.25) is 9.69 Å². The van der Waals surface area contributed by atoms with Crippen molar-refractivity contribution in [2.75, 3.05) is 13.7 Å². The number of likely N-dealkylation sites (N-methyl/N-ethyl adjacent to an activating group) is 1. The number of amides is 1. The highest BCUT2D eigenvalue weighted by Gasteiger charge is 2.30. The lowest BCUT2D eigenvalue weighted by atomic mass is 10.2. The van der Waals surface area contributed by atoms with Gasteiger partial charge in [-0.1, -0.05) is 36.1 Å². The van der Waals surface area contributed by atoms with Crippen molar-refractivity contribution in [2.45, 2.75) is 6.92 Å². The summed E-state index contributed by atoms with van der Waals surface area (Å²) in [5.74, 6) is 0.676. The van der Waals surface area contributed by atoms with Gasteiger partial charge >= 0.3 is 0 Å². The van der Waals surface area contributed by atoms with E-state index in [0.717, 1.165) is 16.3 Å². The van der Waals surface area contributed by atoms with Gasteiger partial charge in [-0.05, 0) is 42.5 Å². The molecular formula is C17H16N4O2S2. The van der Waals surface area contributed by atoms with Gasteiger partial charge in [0.25, 0.3) is 5.91 Å². The zero-order valence-corrected chi connectivity index (χ0v) is 15.4. The monoisotopic (exact) mass is 372 g/mol. The molecule has 0 aliphatic carbocycles. The van der Waals surface area contributed by atoms with Crippen LogP contribution in [0.15, 0.2) is 46.8 Å². The number of thioether (sulfide) groups is 1. The fraction of sp³-hybridized carbons (Fsp3) is 0.176. The molecule has 1 aromatic carbocycles. The maximum atomic E-state index is 12.4. The van der Waals surface area contributed by atoms with Gasteiger partial charge in [0, 0.05) is 7.05 Å². The molecule has 1 fully saturated rings. The number of hydrogen-bond acceptors (Lipinski definition) is 7. The molecular weight excluding hydrogens is 356 g/mol. The topological polar surface area (TPSA) is 67.7 Å². The number of aliphatic imine (C=N–C) groups is 1. The summed E-state index contributed by atoms with van der Waals surface area (Å²) >= 11 is 2.72. The lowest BCUT2D eigenvalue weighted by molar-refractivity contribution is -0.121. The number of aryl methyl sites for hydroxylation is 1. The van der Waals surface area contributed by atoms with Crippen LogP contribution in [0.5, 0.6) is 5.75 Å². The van der Waals surface area contributed by atoms with Crippen molar-refractivity contribution in [3.8, 4) is 5.75 Å². The Morgan fingerprint density at radius 3 is 2.72 bits per heavy atom. The molecule has 6 nitrogen and oxygen atoms in total. The standard InChI is InChI=1S/C17H16N4O2S2/c1-4-9-23-13-7-5-12(6-8-13)10-14-15(22)21(3)17(25-14)18-16-20-19-11(2)24-16/h4-8,10H,1,9H2,2-3H3/b14-10-,18-17+. The molecule has 0 atom stereocenters. The summed E-state index contributed by atoms with van der Waals surface area (Å²) in [4.78, 5) is 19.0. The van der Waals surface area contributed by atoms with Crippen LogP contribution in [0.4, 0.5) is 5.13 Å². The summed E-state index contributed by atoms with van der Waals surface area (Å²) in [5.41, 5.74) is 0.920. The molecule has 128 valence electrons. The first-order chi connectivity index (χ1) is 12.1. The molecule has 0 saturated carbocycles. The van der Waals surface area contributed by atoms with E-state index in [1.54, 1.807) is 13.1 Å². The van der Waals surface area contributed by atoms with Crippen LogP contribution >= 0.6 is 23.1 Å². The summed E-state index contributed by atoms with van der Waals surface area (Å²) in [5, 5.41) is 9.89. The number of benzene rings is 1. The highest BCUT2D eigenvalue weighted by atomic mass is 32.2. The van der Waals surface area contributed by atoms with Crippen LogP contribution in [0.1, 0.15) is 10.6 Å². The lowest BCUT2D eigenvalue weighted by Crippen LogP contribution is -2.23. The van der Waals surface area contributed by atoms with Crippen LogP contribution in [-0.4, -0.2) is 39.8 Å². The third-order valence-electron chi connectivity index (χ3n) is 3.26. The molecule has 3 rings (SSSR count). The number of nitrogens with zero attached hydrogens (tertiary/aromatic N) is 4. The fourth-order valence-corrected chi connectivity index (χ4v) is 3.62. The predicted molar refractivity (Wildman–Crippen MR) is 102 cm³/mol. The summed E-state index contributed by atoms with van der Waals surface area (Å²) in [6.45, 7) is 5.95. The van der Waals surface area contributed by atoms with E-state index in [0.29, 0.717) is 21.8 Å². The molecule has 1 aromatic heterocycles. The van der Waals surface area contributed by atoms with Gasteiger partial charge in [-0.25, -0.2) is 0 Å². The van der Waals surface area contributed by atoms with Gasteiger partial charge in [-0.15, -0.1) is 10.2 Å². The Morgan fingerprint density at radius 1 is 1.32 bits per heavy atom. The highest BCUT2D eigenvalue weighted by molar-refractivity contribution is 8.18. The first kappa shape index (κ1) is 17.4. The van der Waals surface area contributed by atoms with E-state index < -0.39 is 0 Å². The number of aromatic nitrogens is 2. The number of hydrogen-bond donors (Lipinski definition) is 0. The van der Waals surface area contributed by atoms with Crippen LogP contribution in [-0.2, 0) is 4.79 Å². The Bertz CT molecular complexity index is 856. The second-order valence-electron chi connectivity index (χ2n) is 5.14. The molecule has 2 heterocycles. The quantitative estimate of drug-likeness (QED) is 0.592. The first-order valence-electron chi connectivity index (χ1n) is 7.47. The van der Waals surface area contributed by atoms with Crippen LogP contribution in [0.2, 0.25) is 0 Å². The van der Waals surface area contributed by atoms with Crippen molar-refractivity contribution >= 4 is 45.4 Å². The molecule has 2 aromatic rings. The van der Waals surface area contributed by atoms with Gasteiger partial charge in [-0.2, -0.15) is 4.99 Å². The number of carbonyl (C=O) groups excluding carboxylic acids is 1. The Hall–Kier alpha value is -2.45. The Kier molecular flexibility index (Phi) is 5.30. The van der Waals surface area contributed by atoms with E-state index in [2.05, 4.69) is 21.8 Å². The average Bonchev–Trinajstić information content (AvgIpc) is 3.13. The summed E-state index contributed by atoms with van der Waals surface area (Å²) in [6.07, 6.45) is 3.54. The predicted octanol–water partition coefficient (Wildman–Crippen LogP) is 3.65. The van der Waals surface area contributed by atoms with Gasteiger partial charge in [0.05, 0.1) is 4.91 Å². The van der Waals surface area contributed by atoms with Gasteiger partial charge in [0.2, 0.25) is 5.13 Å². The maximum absolute atomic E-state index is 12.4. The second kappa shape index (κ2) is 7.62. The molecule has 0 radical (unpaired) electrons. The smallest absolute Gasteiger partial charge is 0.266 e. The van der Waals surface area contributed by atoms with Crippen LogP contribution in [0.3, 0.4) is 0 Å². The van der Waals surface area contributed by atoms with Crippen LogP contribution in [0, 0.1) is 6.92 Å². The molecule has 0 unspecified atom stereocenters. The average molecular weight is 372 g/mol. The van der Waals surface area contributed by atoms with Crippen molar-refractivity contribution in [3.63, 3.8) is 0 Å². The zero-order valence-electron chi connectivity index (χ0n) is 13.8. The van der Waals surface area contributed by atoms with Gasteiger partial charge in [0.1, 0.15) is 17.4 Å². The van der Waals surface area contributed by atoms with E-state index in [9.17, 15) is 4.79 Å². The third kappa shape index (κ3) is 4.15. The number of rotatable bonds is 5. The van der Waals surface area contributed by atoms with Crippen molar-refractivity contribution < 1.29 is 9.53 Å². The van der Waals surface area contributed by atoms with E-state index in [4.69, 9.17) is 4.74 Å². The summed E-state index contributed by atoms with van der Waals surface area (Å²) in [7, 11) is 1.70. The maximum Gasteiger partial charge on any atom is 0.266 e. The lowest BCUT2D eigenvalue weighted by Gasteiger charge is -2.05. The molecule has 1 aliphatic rings. The molecule has 1 aliphatic heterocycles. The number of ether oxygens (including phenoxy) is 1. The Morgan fingerprint density at radius 2 is 2.08 bits per heavy atom. The van der Waals surface area contributed by atoms with E-state index in [-0.39, 0.29) is 5.91 Å². The minimum atomic E-state index is -0.0861. The number of carbonyl (C=O) groups is 1. The van der Waals surface area contributed by atoms with Crippen LogP contribution < -0.4 is 4.74 Å². The normalized spacial score (nSPS) is 17.5. The molecule has 0 N–H and O–H groups in total. The third-order valence-corrected chi connectivity index (χ3v) is 5.05. The molecule has 0 bridgehead atoms. The largest absolute Gasteiger partial charge is 0.490 e. The zero-order chi connectivity index (χ0) is 17.8. The van der Waals surface area contributed by atoms with E-state index in [1.807, 2.05) is 37.3 Å². The fourth-order valence-electron chi connectivity index (χ4n) is 2.03. The molecule has 0 spiro atoms. The van der Waals surface area contributed by atoms with Gasteiger partial charge < -0.3 is 4.74 Å². The van der Waals surface area contributed by atoms with Crippen molar-refractivity contribution in [3.05, 3.63) is 52.4 Å². The first-order valence-corrected chi connectivity index (χ1v) is 9.10. The Balaban J connectivity index is 1.78. The van der Waals surface area contributed by atoms with E-state index in [1.165, 1.54) is 28.0 Å². The number of amidine groups is 1. The molecule has 25 heavy (non-hydrogen) atoms. The molecule has 1 amide bonds. The minimum absolute atomic E-state index is 0.0861. The van der Waals surface area contributed by atoms with Crippen LogP contribution in [0.25, 0.3) is 6.08 Å². The highest BCUT2D eigenvalue weighted by Crippen LogP contribution is 2.33. The van der Waals surface area contributed by atoms with Crippen molar-refractivity contribution in [1.82, 2.24) is 15.1 Å². The Labute approximate surface area is 153 Å². The van der Waals surface area contributed by atoms with E-state index >= 15 is 0 Å². The summed E-state index contributed by atoms with van der Waals surface area (Å²) in [6, 6.07) is 7.54. The van der Waals surface area contributed by atoms with Gasteiger partial charge in [0.15, 0.2) is 5.17 Å². The van der Waals surface area contributed by atoms with Crippen molar-refractivity contribution in [1.29, 1.82) is 0 Å².